The Bertz CT molecular complexity index is 923. The van der Waals surface area contributed by atoms with Crippen LogP contribution in [0.25, 0.3) is 0 Å². The van der Waals surface area contributed by atoms with E-state index in [-0.39, 0.29) is 41.7 Å². The van der Waals surface area contributed by atoms with Gasteiger partial charge in [-0.1, -0.05) is 18.2 Å². The van der Waals surface area contributed by atoms with Gasteiger partial charge in [0.25, 0.3) is 0 Å². The number of hydrogen-bond donors (Lipinski definition) is 1. The molecule has 2 fully saturated rings. The smallest absolute Gasteiger partial charge is 0.409 e. The zero-order valence-electron chi connectivity index (χ0n) is 18.9. The molecule has 2 aliphatic heterocycles. The molecule has 0 atom stereocenters. The highest BCUT2D eigenvalue weighted by atomic mass is 32.2. The second-order valence-electron chi connectivity index (χ2n) is 8.10. The molecule has 0 aromatic heterocycles. The van der Waals surface area contributed by atoms with E-state index in [4.69, 9.17) is 4.74 Å². The first-order valence-corrected chi connectivity index (χ1v) is 12.8. The van der Waals surface area contributed by atoms with Gasteiger partial charge in [0.15, 0.2) is 0 Å². The van der Waals surface area contributed by atoms with Crippen LogP contribution in [0.1, 0.15) is 26.2 Å². The minimum Gasteiger partial charge on any atom is -0.450 e. The van der Waals surface area contributed by atoms with Gasteiger partial charge in [-0.3, -0.25) is 9.59 Å². The van der Waals surface area contributed by atoms with E-state index in [0.717, 1.165) is 0 Å². The number of nitrogens with one attached hydrogen (secondary N) is 1. The molecule has 0 saturated carbocycles. The number of carbonyl (C=O) groups excluding carboxylic acids is 3. The molecular weight excluding hydrogens is 448 g/mol. The molecule has 2 aliphatic rings. The molecule has 182 valence electrons. The third-order valence-electron chi connectivity index (χ3n) is 6.00. The maximum absolute atomic E-state index is 12.7. The highest BCUT2D eigenvalue weighted by Gasteiger charge is 2.32. The number of piperazine rings is 1. The van der Waals surface area contributed by atoms with Crippen molar-refractivity contribution in [3.8, 4) is 0 Å². The highest BCUT2D eigenvalue weighted by molar-refractivity contribution is 7.89. The van der Waals surface area contributed by atoms with Crippen LogP contribution in [0.5, 0.6) is 0 Å². The Labute approximate surface area is 194 Å². The lowest BCUT2D eigenvalue weighted by Gasteiger charge is -2.34. The second-order valence-corrected chi connectivity index (χ2v) is 10.0. The van der Waals surface area contributed by atoms with Gasteiger partial charge in [0.05, 0.1) is 11.5 Å². The molecule has 0 aliphatic carbocycles. The number of hydrogen-bond acceptors (Lipinski definition) is 6. The third kappa shape index (κ3) is 6.44. The van der Waals surface area contributed by atoms with E-state index >= 15 is 0 Å². The maximum Gasteiger partial charge on any atom is 0.409 e. The maximum atomic E-state index is 12.7. The van der Waals surface area contributed by atoms with E-state index in [1.54, 1.807) is 47.1 Å². The van der Waals surface area contributed by atoms with Crippen molar-refractivity contribution in [3.63, 3.8) is 0 Å². The summed E-state index contributed by atoms with van der Waals surface area (Å²) in [5, 5.41) is 2.81. The Morgan fingerprint density at radius 2 is 1.58 bits per heavy atom. The van der Waals surface area contributed by atoms with Crippen molar-refractivity contribution in [2.45, 2.75) is 31.1 Å². The lowest BCUT2D eigenvalue weighted by atomic mass is 9.97. The normalized spacial score (nSPS) is 18.1. The molecule has 2 heterocycles. The SMILES string of the molecule is CCOC(=O)N1CCN(C(=O)CCNC(=O)C2CCN(S(=O)(=O)c3ccccc3)CC2)CC1. The van der Waals surface area contributed by atoms with Crippen molar-refractivity contribution < 1.29 is 27.5 Å². The fraction of sp³-hybridized carbons (Fsp3) is 0.591. The number of benzene rings is 1. The summed E-state index contributed by atoms with van der Waals surface area (Å²) >= 11 is 0. The summed E-state index contributed by atoms with van der Waals surface area (Å²) in [6.45, 7) is 4.64. The number of sulfonamides is 1. The first kappa shape index (κ1) is 25.0. The summed E-state index contributed by atoms with van der Waals surface area (Å²) in [6, 6.07) is 8.29. The number of nitrogens with zero attached hydrogens (tertiary/aromatic N) is 3. The topological polar surface area (TPSA) is 116 Å². The molecule has 1 aromatic rings. The summed E-state index contributed by atoms with van der Waals surface area (Å²) in [4.78, 5) is 40.2. The summed E-state index contributed by atoms with van der Waals surface area (Å²) in [5.41, 5.74) is 0. The Morgan fingerprint density at radius 1 is 0.970 bits per heavy atom. The lowest BCUT2D eigenvalue weighted by molar-refractivity contribution is -0.133. The van der Waals surface area contributed by atoms with Gasteiger partial charge in [-0.2, -0.15) is 4.31 Å². The number of rotatable bonds is 7. The molecule has 10 nitrogen and oxygen atoms in total. The molecule has 11 heteroatoms. The van der Waals surface area contributed by atoms with Crippen molar-refractivity contribution in [2.24, 2.45) is 5.92 Å². The van der Waals surface area contributed by atoms with Crippen molar-refractivity contribution >= 4 is 27.9 Å². The van der Waals surface area contributed by atoms with E-state index in [2.05, 4.69) is 5.32 Å². The fourth-order valence-corrected chi connectivity index (χ4v) is 5.54. The molecule has 2 saturated heterocycles. The monoisotopic (exact) mass is 480 g/mol. The van der Waals surface area contributed by atoms with Crippen LogP contribution in [-0.2, 0) is 24.3 Å². The minimum absolute atomic E-state index is 0.0671. The van der Waals surface area contributed by atoms with E-state index in [1.807, 2.05) is 0 Å². The number of carbonyl (C=O) groups is 3. The number of piperidine rings is 1. The molecule has 33 heavy (non-hydrogen) atoms. The third-order valence-corrected chi connectivity index (χ3v) is 7.92. The van der Waals surface area contributed by atoms with Gasteiger partial charge in [0.1, 0.15) is 0 Å². The lowest BCUT2D eigenvalue weighted by Crippen LogP contribution is -2.51. The standard InChI is InChI=1S/C22H32N4O6S/c1-2-32-22(29)25-16-14-24(15-17-25)20(27)8-11-23-21(28)18-9-12-26(13-10-18)33(30,31)19-6-4-3-5-7-19/h3-7,18H,2,8-17H2,1H3,(H,23,28). The Hall–Kier alpha value is -2.66. The predicted octanol–water partition coefficient (Wildman–Crippen LogP) is 0.894. The predicted molar refractivity (Wildman–Crippen MR) is 121 cm³/mol. The summed E-state index contributed by atoms with van der Waals surface area (Å²) in [6.07, 6.45) is 0.717. The average Bonchev–Trinajstić information content (AvgIpc) is 2.84. The zero-order chi connectivity index (χ0) is 23.8. The molecule has 3 amide bonds. The van der Waals surface area contributed by atoms with E-state index < -0.39 is 10.0 Å². The minimum atomic E-state index is -3.55. The molecule has 0 radical (unpaired) electrons. The van der Waals surface area contributed by atoms with Crippen LogP contribution in [0.4, 0.5) is 4.79 Å². The van der Waals surface area contributed by atoms with Crippen LogP contribution in [-0.4, -0.2) is 92.9 Å². The molecule has 1 aromatic carbocycles. The van der Waals surface area contributed by atoms with Crippen molar-refractivity contribution in [1.29, 1.82) is 0 Å². The fourth-order valence-electron chi connectivity index (χ4n) is 4.05. The van der Waals surface area contributed by atoms with E-state index in [1.165, 1.54) is 4.31 Å². The van der Waals surface area contributed by atoms with Gasteiger partial charge in [-0.25, -0.2) is 13.2 Å². The van der Waals surface area contributed by atoms with Crippen LogP contribution >= 0.6 is 0 Å². The first-order chi connectivity index (χ1) is 15.8. The van der Waals surface area contributed by atoms with E-state index in [9.17, 15) is 22.8 Å². The van der Waals surface area contributed by atoms with E-state index in [0.29, 0.717) is 58.7 Å². The Balaban J connectivity index is 1.36. The molecule has 0 bridgehead atoms. The number of ether oxygens (including phenoxy) is 1. The molecule has 1 N–H and O–H groups in total. The van der Waals surface area contributed by atoms with Crippen molar-refractivity contribution in [1.82, 2.24) is 19.4 Å². The van der Waals surface area contributed by atoms with Gasteiger partial charge >= 0.3 is 6.09 Å². The Morgan fingerprint density at radius 3 is 2.18 bits per heavy atom. The second kappa shape index (κ2) is 11.5. The summed E-state index contributed by atoms with van der Waals surface area (Å²) < 4.78 is 31.8. The van der Waals surface area contributed by atoms with Crippen LogP contribution in [0.15, 0.2) is 35.2 Å². The quantitative estimate of drug-likeness (QED) is 0.620. The van der Waals surface area contributed by atoms with Crippen molar-refractivity contribution in [2.75, 3.05) is 52.4 Å². The van der Waals surface area contributed by atoms with Crippen LogP contribution in [0.2, 0.25) is 0 Å². The van der Waals surface area contributed by atoms with Gasteiger partial charge in [0, 0.05) is 58.2 Å². The average molecular weight is 481 g/mol. The van der Waals surface area contributed by atoms with Gasteiger partial charge in [0.2, 0.25) is 21.8 Å². The van der Waals surface area contributed by atoms with Crippen molar-refractivity contribution in [3.05, 3.63) is 30.3 Å². The summed E-state index contributed by atoms with van der Waals surface area (Å²) in [5.74, 6) is -0.482. The van der Waals surface area contributed by atoms with Crippen LogP contribution in [0.3, 0.4) is 0 Å². The largest absolute Gasteiger partial charge is 0.450 e. The number of amides is 3. The molecular formula is C22H32N4O6S. The van der Waals surface area contributed by atoms with Crippen LogP contribution < -0.4 is 5.32 Å². The highest BCUT2D eigenvalue weighted by Crippen LogP contribution is 2.23. The molecule has 0 unspecified atom stereocenters. The van der Waals surface area contributed by atoms with Crippen LogP contribution in [0, 0.1) is 5.92 Å². The van der Waals surface area contributed by atoms with Gasteiger partial charge in [-0.05, 0) is 31.9 Å². The first-order valence-electron chi connectivity index (χ1n) is 11.3. The Kier molecular flexibility index (Phi) is 8.67. The van der Waals surface area contributed by atoms with Gasteiger partial charge in [-0.15, -0.1) is 0 Å². The zero-order valence-corrected chi connectivity index (χ0v) is 19.8. The van der Waals surface area contributed by atoms with Gasteiger partial charge < -0.3 is 19.9 Å². The summed E-state index contributed by atoms with van der Waals surface area (Å²) in [7, 11) is -3.55. The molecule has 3 rings (SSSR count). The molecule has 0 spiro atoms.